The highest BCUT2D eigenvalue weighted by atomic mass is 16.5. The van der Waals surface area contributed by atoms with Crippen molar-refractivity contribution >= 4 is 17.5 Å². The molecule has 0 aromatic heterocycles. The molecule has 40 heavy (non-hydrogen) atoms. The molecular weight excluding hydrogens is 514 g/mol. The monoisotopic (exact) mass is 549 g/mol. The summed E-state index contributed by atoms with van der Waals surface area (Å²) in [6, 6.07) is 1.07. The van der Waals surface area contributed by atoms with Gasteiger partial charge in [0.05, 0.1) is 38.4 Å². The fraction of sp³-hybridized carbons (Fsp3) is 0.517. The number of likely N-dealkylation sites (N-methyl/N-ethyl adjacent to an activating group) is 1. The maximum atomic E-state index is 13.8. The summed E-state index contributed by atoms with van der Waals surface area (Å²) < 4.78 is 10.9. The van der Waals surface area contributed by atoms with Gasteiger partial charge >= 0.3 is 0 Å². The van der Waals surface area contributed by atoms with Crippen molar-refractivity contribution in [2.75, 3.05) is 27.8 Å². The number of amides is 1. The fourth-order valence-electron chi connectivity index (χ4n) is 7.17. The minimum Gasteiger partial charge on any atom is -0.504 e. The Morgan fingerprint density at radius 1 is 1.23 bits per heavy atom. The van der Waals surface area contributed by atoms with Crippen molar-refractivity contribution in [1.29, 1.82) is 5.26 Å². The van der Waals surface area contributed by atoms with Gasteiger partial charge in [-0.1, -0.05) is 6.07 Å². The molecule has 3 aliphatic heterocycles. The lowest BCUT2D eigenvalue weighted by molar-refractivity contribution is -0.125. The number of fused-ring (bicyclic) bond motifs is 6. The third-order valence-electron chi connectivity index (χ3n) is 8.95. The lowest BCUT2D eigenvalue weighted by Gasteiger charge is -2.60. The Balaban J connectivity index is 1.72. The summed E-state index contributed by atoms with van der Waals surface area (Å²) in [6.45, 7) is 4.97. The molecule has 4 N–H and O–H groups in total. The standard InChI is InChI=1S/C29H35N5O6/c1-12-7-15-8-17-19(10-30)34-18(23(33(17)4)21(15)25(36)27(12)39-5)9-16-22(20(34)11-32-29(38)14(3)31)26(37)28(40-6)13(2)24(16)35/h7,14,17-20,23,36H,8-9,11,31H2,1-6H3,(H,32,38)/t14-,17?,18+,19+,20+,23?/m1/s1. The van der Waals surface area contributed by atoms with Crippen LogP contribution in [0.5, 0.6) is 11.5 Å². The average Bonchev–Trinajstić information content (AvgIpc) is 2.91. The number of nitrogens with two attached hydrogens (primary N) is 1. The molecule has 11 nitrogen and oxygen atoms in total. The van der Waals surface area contributed by atoms with Crippen LogP contribution in [0.4, 0.5) is 0 Å². The number of ketones is 2. The molecule has 1 aliphatic carbocycles. The summed E-state index contributed by atoms with van der Waals surface area (Å²) in [5.74, 6) is -0.749. The van der Waals surface area contributed by atoms with E-state index >= 15 is 0 Å². The number of aromatic hydroxyl groups is 1. The van der Waals surface area contributed by atoms with Crippen molar-refractivity contribution in [1.82, 2.24) is 15.1 Å². The first-order chi connectivity index (χ1) is 19.0. The van der Waals surface area contributed by atoms with Crippen LogP contribution in [0.25, 0.3) is 0 Å². The Bertz CT molecular complexity index is 1420. The van der Waals surface area contributed by atoms with Crippen LogP contribution in [0.2, 0.25) is 0 Å². The summed E-state index contributed by atoms with van der Waals surface area (Å²) in [7, 11) is 4.78. The first-order valence-electron chi connectivity index (χ1n) is 13.4. The van der Waals surface area contributed by atoms with E-state index in [0.29, 0.717) is 23.3 Å². The molecule has 4 aliphatic rings. The average molecular weight is 550 g/mol. The van der Waals surface area contributed by atoms with Crippen LogP contribution in [0.1, 0.15) is 43.0 Å². The maximum absolute atomic E-state index is 13.8. The Morgan fingerprint density at radius 2 is 1.93 bits per heavy atom. The van der Waals surface area contributed by atoms with Crippen LogP contribution in [-0.4, -0.2) is 90.4 Å². The van der Waals surface area contributed by atoms with Gasteiger partial charge in [0, 0.05) is 40.9 Å². The number of allylic oxidation sites excluding steroid dienone is 2. The van der Waals surface area contributed by atoms with Gasteiger partial charge in [0.15, 0.2) is 23.0 Å². The zero-order chi connectivity index (χ0) is 29.2. The van der Waals surface area contributed by atoms with E-state index < -0.39 is 41.9 Å². The van der Waals surface area contributed by atoms with Crippen LogP contribution in [0.15, 0.2) is 28.5 Å². The molecule has 3 heterocycles. The Hall–Kier alpha value is -3.72. The number of rotatable bonds is 5. The second-order valence-corrected chi connectivity index (χ2v) is 11.1. The molecule has 2 unspecified atom stereocenters. The van der Waals surface area contributed by atoms with Gasteiger partial charge in [0.2, 0.25) is 11.7 Å². The number of phenolic OH excluding ortho intramolecular Hbond substituents is 1. The number of piperazine rings is 1. The van der Waals surface area contributed by atoms with Crippen molar-refractivity contribution in [2.45, 2.75) is 69.9 Å². The normalized spacial score (nSPS) is 28.8. The lowest BCUT2D eigenvalue weighted by atomic mass is 9.69. The molecule has 1 aromatic carbocycles. The number of Topliss-reactive ketones (excluding diaryl/α,β-unsaturated/α-hetero) is 2. The van der Waals surface area contributed by atoms with E-state index in [9.17, 15) is 24.8 Å². The van der Waals surface area contributed by atoms with E-state index in [1.165, 1.54) is 14.2 Å². The molecule has 0 radical (unpaired) electrons. The van der Waals surface area contributed by atoms with Crippen LogP contribution < -0.4 is 15.8 Å². The van der Waals surface area contributed by atoms with Gasteiger partial charge in [-0.15, -0.1) is 0 Å². The number of nitrogens with one attached hydrogen (secondary N) is 1. The van der Waals surface area contributed by atoms with Crippen molar-refractivity contribution < 1.29 is 29.0 Å². The third-order valence-corrected chi connectivity index (χ3v) is 8.95. The van der Waals surface area contributed by atoms with Crippen molar-refractivity contribution in [2.24, 2.45) is 5.73 Å². The van der Waals surface area contributed by atoms with E-state index in [0.717, 1.165) is 11.1 Å². The molecule has 0 spiro atoms. The zero-order valence-electron chi connectivity index (χ0n) is 23.6. The van der Waals surface area contributed by atoms with Gasteiger partial charge in [-0.25, -0.2) is 0 Å². The molecule has 6 atom stereocenters. The van der Waals surface area contributed by atoms with E-state index in [-0.39, 0.29) is 47.4 Å². The molecule has 5 rings (SSSR count). The Kier molecular flexibility index (Phi) is 6.98. The van der Waals surface area contributed by atoms with Crippen LogP contribution >= 0.6 is 0 Å². The number of carbonyl (C=O) groups is 3. The highest BCUT2D eigenvalue weighted by molar-refractivity contribution is 6.25. The fourth-order valence-corrected chi connectivity index (χ4v) is 7.17. The molecule has 1 aromatic rings. The van der Waals surface area contributed by atoms with Gasteiger partial charge < -0.3 is 25.6 Å². The summed E-state index contributed by atoms with van der Waals surface area (Å²) in [5, 5.41) is 24.8. The first kappa shape index (κ1) is 27.8. The predicted molar refractivity (Wildman–Crippen MR) is 144 cm³/mol. The Labute approximate surface area is 233 Å². The highest BCUT2D eigenvalue weighted by Crippen LogP contribution is 2.53. The minimum absolute atomic E-state index is 0.0256. The second-order valence-electron chi connectivity index (χ2n) is 11.1. The van der Waals surface area contributed by atoms with E-state index in [1.54, 1.807) is 13.8 Å². The summed E-state index contributed by atoms with van der Waals surface area (Å²) >= 11 is 0. The number of methoxy groups -OCH3 is 2. The quantitative estimate of drug-likeness (QED) is 0.448. The lowest BCUT2D eigenvalue weighted by Crippen LogP contribution is -2.71. The molecular formula is C29H35N5O6. The molecule has 2 bridgehead atoms. The van der Waals surface area contributed by atoms with Crippen LogP contribution in [-0.2, 0) is 25.5 Å². The molecule has 1 saturated heterocycles. The maximum Gasteiger partial charge on any atom is 0.236 e. The molecule has 0 saturated carbocycles. The molecule has 1 amide bonds. The number of nitrogens with zero attached hydrogens (tertiary/aromatic N) is 3. The third kappa shape index (κ3) is 3.85. The number of hydrogen-bond donors (Lipinski definition) is 3. The van der Waals surface area contributed by atoms with E-state index in [1.807, 2.05) is 24.9 Å². The van der Waals surface area contributed by atoms with Gasteiger partial charge in [-0.05, 0) is 51.8 Å². The summed E-state index contributed by atoms with van der Waals surface area (Å²) in [6.07, 6.45) is 0.670. The summed E-state index contributed by atoms with van der Waals surface area (Å²) in [4.78, 5) is 44.1. The number of aryl methyl sites for hydroxylation is 1. The highest BCUT2D eigenvalue weighted by Gasteiger charge is 2.57. The van der Waals surface area contributed by atoms with Gasteiger partial charge in [0.1, 0.15) is 6.04 Å². The number of nitriles is 1. The van der Waals surface area contributed by atoms with Crippen molar-refractivity contribution in [3.8, 4) is 17.6 Å². The SMILES string of the molecule is COC1=C(C)C(=O)C2=C(C1=O)[C@H](CNC(=O)[C@@H](C)N)N1[C@@H](C#N)C3Cc4cc(C)c(OC)c(O)c4C([C@@H]1C2)N3C. The van der Waals surface area contributed by atoms with Gasteiger partial charge in [0.25, 0.3) is 0 Å². The molecule has 11 heteroatoms. The summed E-state index contributed by atoms with van der Waals surface area (Å²) in [5.41, 5.74) is 9.01. The number of hydrogen-bond acceptors (Lipinski definition) is 10. The molecule has 212 valence electrons. The van der Waals surface area contributed by atoms with E-state index in [2.05, 4.69) is 16.3 Å². The van der Waals surface area contributed by atoms with Crippen molar-refractivity contribution in [3.05, 3.63) is 45.2 Å². The van der Waals surface area contributed by atoms with Crippen LogP contribution in [0, 0.1) is 18.3 Å². The number of ether oxygens (including phenoxy) is 2. The first-order valence-corrected chi connectivity index (χ1v) is 13.4. The molecule has 1 fully saturated rings. The van der Waals surface area contributed by atoms with E-state index in [4.69, 9.17) is 15.2 Å². The van der Waals surface area contributed by atoms with Gasteiger partial charge in [-0.2, -0.15) is 5.26 Å². The predicted octanol–water partition coefficient (Wildman–Crippen LogP) is 0.788. The number of benzene rings is 1. The number of phenols is 1. The smallest absolute Gasteiger partial charge is 0.236 e. The zero-order valence-corrected chi connectivity index (χ0v) is 23.6. The number of carbonyl (C=O) groups excluding carboxylic acids is 3. The van der Waals surface area contributed by atoms with Crippen LogP contribution in [0.3, 0.4) is 0 Å². The largest absolute Gasteiger partial charge is 0.504 e. The van der Waals surface area contributed by atoms with Gasteiger partial charge in [-0.3, -0.25) is 24.2 Å². The minimum atomic E-state index is -0.787. The topological polar surface area (TPSA) is 158 Å². The second kappa shape index (κ2) is 10.0. The Morgan fingerprint density at radius 3 is 2.52 bits per heavy atom. The van der Waals surface area contributed by atoms with Crippen molar-refractivity contribution in [3.63, 3.8) is 0 Å².